The first-order valence-electron chi connectivity index (χ1n) is 8.47. The van der Waals surface area contributed by atoms with E-state index in [0.29, 0.717) is 0 Å². The molecule has 0 N–H and O–H groups in total. The van der Waals surface area contributed by atoms with Gasteiger partial charge in [-0.05, 0) is 68.4 Å². The fraction of sp³-hybridized carbons (Fsp3) is 0.400. The van der Waals surface area contributed by atoms with Crippen molar-refractivity contribution in [3.8, 4) is 0 Å². The van der Waals surface area contributed by atoms with Gasteiger partial charge >= 0.3 is 8.10 Å². The summed E-state index contributed by atoms with van der Waals surface area (Å²) >= 11 is 0. The molecule has 2 aromatic rings. The zero-order chi connectivity index (χ0) is 17.6. The summed E-state index contributed by atoms with van der Waals surface area (Å²) in [5, 5.41) is 0. The lowest BCUT2D eigenvalue weighted by Gasteiger charge is -2.16. The van der Waals surface area contributed by atoms with Crippen LogP contribution in [-0.4, -0.2) is 13.1 Å². The van der Waals surface area contributed by atoms with Gasteiger partial charge in [-0.25, -0.2) is 0 Å². The normalized spacial score (nSPS) is 14.7. The predicted octanol–water partition coefficient (Wildman–Crippen LogP) is 5.52. The van der Waals surface area contributed by atoms with Crippen LogP contribution in [0, 0.1) is 41.5 Å². The van der Waals surface area contributed by atoms with Crippen LogP contribution in [0.15, 0.2) is 24.3 Å². The standard InChI is InChI=1S/C20H26N2OP/c1-13-9-15(3)19(16(4)10-13)21-7-8-22(24(21)23)20-17(5)11-14(2)12-18(20)6/h9-12H,7-8H2,1-6H3/q+1. The van der Waals surface area contributed by atoms with E-state index in [0.717, 1.165) is 24.5 Å². The largest absolute Gasteiger partial charge is 0.595 e. The molecule has 1 aliphatic heterocycles. The Balaban J connectivity index is 2.00. The summed E-state index contributed by atoms with van der Waals surface area (Å²) in [6, 6.07) is 8.71. The summed E-state index contributed by atoms with van der Waals surface area (Å²) in [6.07, 6.45) is 0. The van der Waals surface area contributed by atoms with E-state index in [1.165, 1.54) is 33.4 Å². The van der Waals surface area contributed by atoms with Gasteiger partial charge in [0, 0.05) is 0 Å². The maximum absolute atomic E-state index is 13.3. The van der Waals surface area contributed by atoms with Gasteiger partial charge in [-0.2, -0.15) is 0 Å². The first kappa shape index (κ1) is 17.0. The Kier molecular flexibility index (Phi) is 4.40. The minimum atomic E-state index is -1.61. The van der Waals surface area contributed by atoms with E-state index in [9.17, 15) is 4.57 Å². The molecular weight excluding hydrogens is 315 g/mol. The highest BCUT2D eigenvalue weighted by Gasteiger charge is 2.45. The molecule has 0 unspecified atom stereocenters. The molecule has 0 aliphatic carbocycles. The maximum Gasteiger partial charge on any atom is 0.595 e. The summed E-state index contributed by atoms with van der Waals surface area (Å²) in [4.78, 5) is 0. The molecule has 126 valence electrons. The second kappa shape index (κ2) is 6.22. The van der Waals surface area contributed by atoms with Crippen LogP contribution in [0.1, 0.15) is 33.4 Å². The van der Waals surface area contributed by atoms with Crippen LogP contribution in [0.25, 0.3) is 0 Å². The van der Waals surface area contributed by atoms with Gasteiger partial charge < -0.3 is 0 Å². The molecule has 0 atom stereocenters. The second-order valence-electron chi connectivity index (χ2n) is 6.99. The van der Waals surface area contributed by atoms with Crippen LogP contribution < -0.4 is 9.34 Å². The van der Waals surface area contributed by atoms with Gasteiger partial charge in [-0.3, -0.25) is 0 Å². The lowest BCUT2D eigenvalue weighted by atomic mass is 10.0. The summed E-state index contributed by atoms with van der Waals surface area (Å²) < 4.78 is 17.4. The Bertz CT molecular complexity index is 715. The van der Waals surface area contributed by atoms with Gasteiger partial charge in [0.15, 0.2) is 0 Å². The van der Waals surface area contributed by atoms with Gasteiger partial charge in [0.05, 0.1) is 24.5 Å². The van der Waals surface area contributed by atoms with Crippen LogP contribution in [0.5, 0.6) is 0 Å². The Morgan fingerprint density at radius 1 is 0.667 bits per heavy atom. The molecule has 4 heteroatoms. The van der Waals surface area contributed by atoms with E-state index in [4.69, 9.17) is 0 Å². The molecule has 0 aromatic heterocycles. The number of hydrogen-bond donors (Lipinski definition) is 0. The van der Waals surface area contributed by atoms with Crippen molar-refractivity contribution in [1.29, 1.82) is 0 Å². The van der Waals surface area contributed by atoms with E-state index >= 15 is 0 Å². The number of nitrogens with zero attached hydrogens (tertiary/aromatic N) is 2. The van der Waals surface area contributed by atoms with Crippen LogP contribution in [0.4, 0.5) is 11.4 Å². The lowest BCUT2D eigenvalue weighted by Crippen LogP contribution is -2.13. The van der Waals surface area contributed by atoms with Gasteiger partial charge in [-0.1, -0.05) is 35.4 Å². The third-order valence-electron chi connectivity index (χ3n) is 4.72. The van der Waals surface area contributed by atoms with Gasteiger partial charge in [0.1, 0.15) is 0 Å². The Hall–Kier alpha value is -1.86. The molecule has 0 radical (unpaired) electrons. The maximum atomic E-state index is 13.3. The monoisotopic (exact) mass is 341 g/mol. The third-order valence-corrected chi connectivity index (χ3v) is 6.35. The minimum Gasteiger partial charge on any atom is -0.142 e. The van der Waals surface area contributed by atoms with Crippen LogP contribution in [0.2, 0.25) is 0 Å². The molecule has 0 saturated carbocycles. The van der Waals surface area contributed by atoms with Crippen molar-refractivity contribution in [3.05, 3.63) is 57.6 Å². The SMILES string of the molecule is Cc1cc(C)c(N2CCN(c3c(C)cc(C)cc3C)[P+]2=O)c(C)c1. The van der Waals surface area contributed by atoms with Crippen LogP contribution in [0.3, 0.4) is 0 Å². The Morgan fingerprint density at radius 3 is 1.25 bits per heavy atom. The van der Waals surface area contributed by atoms with E-state index in [-0.39, 0.29) is 0 Å². The summed E-state index contributed by atoms with van der Waals surface area (Å²) in [5.41, 5.74) is 9.59. The highest BCUT2D eigenvalue weighted by Crippen LogP contribution is 2.48. The van der Waals surface area contributed by atoms with Gasteiger partial charge in [0.25, 0.3) is 0 Å². The lowest BCUT2D eigenvalue weighted by molar-refractivity contribution is 0.588. The first-order chi connectivity index (χ1) is 11.3. The summed E-state index contributed by atoms with van der Waals surface area (Å²) in [6.45, 7) is 14.3. The van der Waals surface area contributed by atoms with Crippen LogP contribution in [-0.2, 0) is 4.57 Å². The van der Waals surface area contributed by atoms with E-state index < -0.39 is 8.10 Å². The molecule has 3 nitrogen and oxygen atoms in total. The van der Waals surface area contributed by atoms with Crippen molar-refractivity contribution in [2.24, 2.45) is 0 Å². The van der Waals surface area contributed by atoms with Crippen molar-refractivity contribution in [2.45, 2.75) is 41.5 Å². The molecule has 2 aromatic carbocycles. The van der Waals surface area contributed by atoms with Crippen LogP contribution >= 0.6 is 8.10 Å². The predicted molar refractivity (Wildman–Crippen MR) is 104 cm³/mol. The molecular formula is C20H26N2OP+. The fourth-order valence-electron chi connectivity index (χ4n) is 4.04. The Morgan fingerprint density at radius 2 is 0.958 bits per heavy atom. The van der Waals surface area contributed by atoms with E-state index in [2.05, 4.69) is 75.1 Å². The Labute approximate surface area is 146 Å². The van der Waals surface area contributed by atoms with Crippen molar-refractivity contribution in [1.82, 2.24) is 0 Å². The van der Waals surface area contributed by atoms with E-state index in [1.807, 2.05) is 0 Å². The topological polar surface area (TPSA) is 23.6 Å². The number of benzene rings is 2. The summed E-state index contributed by atoms with van der Waals surface area (Å²) in [7, 11) is -1.61. The molecule has 24 heavy (non-hydrogen) atoms. The smallest absolute Gasteiger partial charge is 0.142 e. The van der Waals surface area contributed by atoms with Crippen molar-refractivity contribution in [2.75, 3.05) is 22.4 Å². The average Bonchev–Trinajstić information content (AvgIpc) is 2.79. The molecule has 1 fully saturated rings. The van der Waals surface area contributed by atoms with E-state index in [1.54, 1.807) is 0 Å². The van der Waals surface area contributed by atoms with Crippen molar-refractivity contribution >= 4 is 19.5 Å². The number of aryl methyl sites for hydroxylation is 6. The van der Waals surface area contributed by atoms with Gasteiger partial charge in [0.2, 0.25) is 0 Å². The zero-order valence-corrected chi connectivity index (χ0v) is 16.4. The zero-order valence-electron chi connectivity index (χ0n) is 15.5. The fourth-order valence-corrected chi connectivity index (χ4v) is 5.80. The number of rotatable bonds is 2. The highest BCUT2D eigenvalue weighted by atomic mass is 31.1. The number of hydrogen-bond acceptors (Lipinski definition) is 1. The highest BCUT2D eigenvalue weighted by molar-refractivity contribution is 7.49. The average molecular weight is 341 g/mol. The molecule has 1 saturated heterocycles. The molecule has 0 spiro atoms. The van der Waals surface area contributed by atoms with Gasteiger partial charge in [-0.15, -0.1) is 9.34 Å². The third kappa shape index (κ3) is 2.82. The molecule has 0 amide bonds. The first-order valence-corrected chi connectivity index (χ1v) is 9.64. The molecule has 3 rings (SSSR count). The number of anilines is 2. The minimum absolute atomic E-state index is 0.798. The quantitative estimate of drug-likeness (QED) is 0.672. The van der Waals surface area contributed by atoms with Crippen molar-refractivity contribution in [3.63, 3.8) is 0 Å². The molecule has 1 aliphatic rings. The molecule has 0 bridgehead atoms. The molecule has 1 heterocycles. The van der Waals surface area contributed by atoms with Crippen molar-refractivity contribution < 1.29 is 4.57 Å². The second-order valence-corrected chi connectivity index (χ2v) is 8.46. The summed E-state index contributed by atoms with van der Waals surface area (Å²) in [5.74, 6) is 0.